The number of anilines is 2. The van der Waals surface area contributed by atoms with Gasteiger partial charge >= 0.3 is 0 Å². The molecule has 4 nitrogen and oxygen atoms in total. The molecule has 0 unspecified atom stereocenters. The maximum atomic E-state index is 12.1. The lowest BCUT2D eigenvalue weighted by atomic mass is 10.2. The third kappa shape index (κ3) is 4.53. The maximum absolute atomic E-state index is 12.1. The first-order valence-electron chi connectivity index (χ1n) is 7.04. The van der Waals surface area contributed by atoms with Crippen molar-refractivity contribution in [3.63, 3.8) is 0 Å². The number of carbonyl (C=O) groups excluding carboxylic acids is 1. The van der Waals surface area contributed by atoms with Gasteiger partial charge in [0.1, 0.15) is 5.75 Å². The van der Waals surface area contributed by atoms with Crippen molar-refractivity contribution in [2.75, 3.05) is 24.3 Å². The van der Waals surface area contributed by atoms with Crippen LogP contribution < -0.4 is 15.4 Å². The number of amides is 1. The molecule has 2 aromatic carbocycles. The van der Waals surface area contributed by atoms with Crippen LogP contribution in [0.15, 0.2) is 30.3 Å². The number of ether oxygens (including phenoxy) is 1. The molecular formula is C17H18Cl2N2O2. The monoisotopic (exact) mass is 352 g/mol. The summed E-state index contributed by atoms with van der Waals surface area (Å²) in [4.78, 5) is 12.1. The summed E-state index contributed by atoms with van der Waals surface area (Å²) in [5.41, 5.74) is 3.21. The van der Waals surface area contributed by atoms with Crippen LogP contribution >= 0.6 is 23.2 Å². The number of aryl methyl sites for hydroxylation is 2. The number of hydrogen-bond acceptors (Lipinski definition) is 3. The van der Waals surface area contributed by atoms with Gasteiger partial charge in [-0.3, -0.25) is 4.79 Å². The number of methoxy groups -OCH3 is 1. The third-order valence-electron chi connectivity index (χ3n) is 3.32. The summed E-state index contributed by atoms with van der Waals surface area (Å²) in [6, 6.07) is 9.07. The molecule has 0 bridgehead atoms. The normalized spacial score (nSPS) is 10.3. The van der Waals surface area contributed by atoms with Crippen LogP contribution in [0.3, 0.4) is 0 Å². The average molecular weight is 353 g/mol. The molecule has 0 saturated carbocycles. The minimum atomic E-state index is -0.207. The Morgan fingerprint density at radius 3 is 2.48 bits per heavy atom. The lowest BCUT2D eigenvalue weighted by molar-refractivity contribution is -0.114. The van der Waals surface area contributed by atoms with E-state index >= 15 is 0 Å². The van der Waals surface area contributed by atoms with Gasteiger partial charge in [-0.05, 0) is 43.2 Å². The van der Waals surface area contributed by atoms with E-state index in [-0.39, 0.29) is 12.5 Å². The quantitative estimate of drug-likeness (QED) is 0.821. The van der Waals surface area contributed by atoms with Crippen molar-refractivity contribution in [1.29, 1.82) is 0 Å². The van der Waals surface area contributed by atoms with E-state index in [0.717, 1.165) is 11.1 Å². The van der Waals surface area contributed by atoms with Gasteiger partial charge in [0.15, 0.2) is 0 Å². The van der Waals surface area contributed by atoms with Crippen molar-refractivity contribution >= 4 is 40.5 Å². The highest BCUT2D eigenvalue weighted by Crippen LogP contribution is 2.31. The minimum Gasteiger partial charge on any atom is -0.495 e. The summed E-state index contributed by atoms with van der Waals surface area (Å²) < 4.78 is 5.24. The molecule has 0 aromatic heterocycles. The number of nitrogens with one attached hydrogen (secondary N) is 2. The molecule has 0 aliphatic carbocycles. The Morgan fingerprint density at radius 2 is 1.83 bits per heavy atom. The molecule has 2 rings (SSSR count). The van der Waals surface area contributed by atoms with Gasteiger partial charge in [0.2, 0.25) is 5.91 Å². The van der Waals surface area contributed by atoms with Crippen LogP contribution in [-0.4, -0.2) is 19.6 Å². The van der Waals surface area contributed by atoms with Gasteiger partial charge in [-0.2, -0.15) is 0 Å². The highest BCUT2D eigenvalue weighted by Gasteiger charge is 2.11. The van der Waals surface area contributed by atoms with Crippen LogP contribution in [0.2, 0.25) is 10.0 Å². The number of rotatable bonds is 5. The molecule has 122 valence electrons. The number of hydrogen-bond donors (Lipinski definition) is 2. The van der Waals surface area contributed by atoms with Crippen LogP contribution in [0.25, 0.3) is 0 Å². The standard InChI is InChI=1S/C17H18Cl2N2O2/c1-10-4-5-14(13(19)6-10)20-9-17(22)21-15-7-11(2)12(18)8-16(15)23-3/h4-8,20H,9H2,1-3H3,(H,21,22). The molecule has 23 heavy (non-hydrogen) atoms. The zero-order valence-electron chi connectivity index (χ0n) is 13.2. The van der Waals surface area contributed by atoms with Gasteiger partial charge in [0.25, 0.3) is 0 Å². The zero-order valence-corrected chi connectivity index (χ0v) is 14.7. The Hall–Kier alpha value is -1.91. The molecule has 0 heterocycles. The van der Waals surface area contributed by atoms with E-state index in [1.165, 1.54) is 7.11 Å². The minimum absolute atomic E-state index is 0.0909. The largest absolute Gasteiger partial charge is 0.495 e. The second-order valence-corrected chi connectivity index (χ2v) is 6.00. The van der Waals surface area contributed by atoms with Gasteiger partial charge < -0.3 is 15.4 Å². The number of halogens is 2. The Kier molecular flexibility index (Phi) is 5.74. The summed E-state index contributed by atoms with van der Waals surface area (Å²) in [5, 5.41) is 6.98. The average Bonchev–Trinajstić information content (AvgIpc) is 2.49. The zero-order chi connectivity index (χ0) is 17.0. The Balaban J connectivity index is 2.04. The van der Waals surface area contributed by atoms with Crippen molar-refractivity contribution in [3.8, 4) is 5.75 Å². The first-order chi connectivity index (χ1) is 10.9. The molecule has 1 amide bonds. The van der Waals surface area contributed by atoms with Crippen molar-refractivity contribution in [2.24, 2.45) is 0 Å². The molecule has 0 aliphatic rings. The molecule has 0 atom stereocenters. The topological polar surface area (TPSA) is 50.4 Å². The molecule has 0 saturated heterocycles. The maximum Gasteiger partial charge on any atom is 0.243 e. The Bertz CT molecular complexity index is 733. The second kappa shape index (κ2) is 7.57. The van der Waals surface area contributed by atoms with E-state index in [1.807, 2.05) is 32.0 Å². The summed E-state index contributed by atoms with van der Waals surface area (Å²) in [7, 11) is 1.53. The Labute approximate surface area is 145 Å². The lowest BCUT2D eigenvalue weighted by Crippen LogP contribution is -2.22. The summed E-state index contributed by atoms with van der Waals surface area (Å²) in [6.07, 6.45) is 0. The molecule has 0 spiro atoms. The lowest BCUT2D eigenvalue weighted by Gasteiger charge is -2.13. The first kappa shape index (κ1) is 17.4. The molecule has 0 fully saturated rings. The van der Waals surface area contributed by atoms with E-state index in [2.05, 4.69) is 10.6 Å². The summed E-state index contributed by atoms with van der Waals surface area (Å²) in [5.74, 6) is 0.309. The smallest absolute Gasteiger partial charge is 0.243 e. The van der Waals surface area contributed by atoms with Crippen LogP contribution in [0.5, 0.6) is 5.75 Å². The van der Waals surface area contributed by atoms with E-state index < -0.39 is 0 Å². The van der Waals surface area contributed by atoms with Gasteiger partial charge in [-0.25, -0.2) is 0 Å². The molecular weight excluding hydrogens is 335 g/mol. The fourth-order valence-corrected chi connectivity index (χ4v) is 2.52. The molecule has 2 aromatic rings. The van der Waals surface area contributed by atoms with Crippen LogP contribution in [0.4, 0.5) is 11.4 Å². The fourth-order valence-electron chi connectivity index (χ4n) is 2.06. The molecule has 6 heteroatoms. The van der Waals surface area contributed by atoms with Crippen molar-refractivity contribution in [3.05, 3.63) is 51.5 Å². The van der Waals surface area contributed by atoms with Gasteiger partial charge in [-0.15, -0.1) is 0 Å². The highest BCUT2D eigenvalue weighted by molar-refractivity contribution is 6.33. The van der Waals surface area contributed by atoms with Crippen LogP contribution in [0.1, 0.15) is 11.1 Å². The van der Waals surface area contributed by atoms with Crippen molar-refractivity contribution in [1.82, 2.24) is 0 Å². The molecule has 0 radical (unpaired) electrons. The fraction of sp³-hybridized carbons (Fsp3) is 0.235. The SMILES string of the molecule is COc1cc(Cl)c(C)cc1NC(=O)CNc1ccc(C)cc1Cl. The third-order valence-corrected chi connectivity index (χ3v) is 4.04. The molecule has 0 aliphatic heterocycles. The van der Waals surface area contributed by atoms with Gasteiger partial charge in [-0.1, -0.05) is 29.3 Å². The van der Waals surface area contributed by atoms with Crippen molar-refractivity contribution < 1.29 is 9.53 Å². The van der Waals surface area contributed by atoms with Crippen LogP contribution in [-0.2, 0) is 4.79 Å². The molecule has 2 N–H and O–H groups in total. The summed E-state index contributed by atoms with van der Waals surface area (Å²) >= 11 is 12.2. The second-order valence-electron chi connectivity index (χ2n) is 5.19. The number of carbonyl (C=O) groups is 1. The van der Waals surface area contributed by atoms with Crippen LogP contribution in [0, 0.1) is 13.8 Å². The Morgan fingerprint density at radius 1 is 1.09 bits per heavy atom. The van der Waals surface area contributed by atoms with E-state index in [9.17, 15) is 4.79 Å². The van der Waals surface area contributed by atoms with Gasteiger partial charge in [0, 0.05) is 11.1 Å². The predicted molar refractivity (Wildman–Crippen MR) is 96.0 cm³/mol. The van der Waals surface area contributed by atoms with Gasteiger partial charge in [0.05, 0.1) is 30.1 Å². The van der Waals surface area contributed by atoms with E-state index in [4.69, 9.17) is 27.9 Å². The predicted octanol–water partition coefficient (Wildman–Crippen LogP) is 4.67. The van der Waals surface area contributed by atoms with E-state index in [0.29, 0.717) is 27.2 Å². The van der Waals surface area contributed by atoms with Crippen molar-refractivity contribution in [2.45, 2.75) is 13.8 Å². The summed E-state index contributed by atoms with van der Waals surface area (Å²) in [6.45, 7) is 3.91. The van der Waals surface area contributed by atoms with E-state index in [1.54, 1.807) is 12.1 Å². The highest BCUT2D eigenvalue weighted by atomic mass is 35.5. The first-order valence-corrected chi connectivity index (χ1v) is 7.80. The number of benzene rings is 2.